The molecule has 3 nitrogen and oxygen atoms in total. The second-order valence-corrected chi connectivity index (χ2v) is 7.41. The molecule has 4 atom stereocenters. The second kappa shape index (κ2) is 3.70. The van der Waals surface area contributed by atoms with Gasteiger partial charge in [0.25, 0.3) is 0 Å². The summed E-state index contributed by atoms with van der Waals surface area (Å²) in [6, 6.07) is 6.48. The van der Waals surface area contributed by atoms with E-state index in [2.05, 4.69) is 0 Å². The van der Waals surface area contributed by atoms with Crippen LogP contribution in [0, 0.1) is 17.8 Å². The van der Waals surface area contributed by atoms with Crippen LogP contribution in [0.3, 0.4) is 0 Å². The second-order valence-electron chi connectivity index (χ2n) is 7.41. The molecule has 0 spiro atoms. The molecule has 2 unspecified atom stereocenters. The van der Waals surface area contributed by atoms with Gasteiger partial charge in [0.05, 0.1) is 5.39 Å². The quantitative estimate of drug-likeness (QED) is 0.869. The van der Waals surface area contributed by atoms with Crippen LogP contribution in [0.15, 0.2) is 33.5 Å². The van der Waals surface area contributed by atoms with Crippen molar-refractivity contribution in [1.82, 2.24) is 0 Å². The molecule has 4 aliphatic rings. The zero-order valence-corrected chi connectivity index (χ0v) is 11.8. The van der Waals surface area contributed by atoms with Crippen molar-refractivity contribution in [3.05, 3.63) is 40.2 Å². The number of aromatic hydroxyl groups is 1. The van der Waals surface area contributed by atoms with E-state index in [1.807, 2.05) is 0 Å². The molecule has 4 saturated carbocycles. The molecule has 4 fully saturated rings. The molecule has 0 amide bonds. The third-order valence-electron chi connectivity index (χ3n) is 6.16. The van der Waals surface area contributed by atoms with Crippen molar-refractivity contribution in [3.63, 3.8) is 0 Å². The summed E-state index contributed by atoms with van der Waals surface area (Å²) in [5, 5.41) is 10.0. The van der Waals surface area contributed by atoms with Crippen LogP contribution in [0.1, 0.15) is 37.9 Å². The normalized spacial score (nSPS) is 36.7. The number of hydrogen-bond acceptors (Lipinski definition) is 3. The maximum atomic E-state index is 12.4. The van der Waals surface area contributed by atoms with Crippen molar-refractivity contribution in [2.24, 2.45) is 17.8 Å². The van der Waals surface area contributed by atoms with Gasteiger partial charge < -0.3 is 9.52 Å². The summed E-state index contributed by atoms with van der Waals surface area (Å²) in [6.45, 7) is 0. The zero-order chi connectivity index (χ0) is 14.2. The highest BCUT2D eigenvalue weighted by Gasteiger charge is 2.57. The first kappa shape index (κ1) is 11.8. The molecule has 4 aliphatic carbocycles. The van der Waals surface area contributed by atoms with Crippen molar-refractivity contribution in [1.29, 1.82) is 0 Å². The molecule has 2 aromatic rings. The molecule has 1 aromatic heterocycles. The van der Waals surface area contributed by atoms with Crippen LogP contribution < -0.4 is 5.43 Å². The number of fused-ring (bicyclic) bond motifs is 1. The van der Waals surface area contributed by atoms with E-state index in [0.29, 0.717) is 11.0 Å². The monoisotopic (exact) mass is 282 g/mol. The molecule has 108 valence electrons. The molecule has 3 heteroatoms. The lowest BCUT2D eigenvalue weighted by Crippen LogP contribution is -2.32. The van der Waals surface area contributed by atoms with Gasteiger partial charge in [0, 0.05) is 11.5 Å². The summed E-state index contributed by atoms with van der Waals surface area (Å²) in [5.41, 5.74) is 0.688. The minimum absolute atomic E-state index is 0.0285. The fourth-order valence-corrected chi connectivity index (χ4v) is 5.52. The number of benzene rings is 1. The van der Waals surface area contributed by atoms with Gasteiger partial charge in [-0.05, 0) is 68.1 Å². The van der Waals surface area contributed by atoms with Crippen LogP contribution in [0.25, 0.3) is 11.0 Å². The summed E-state index contributed by atoms with van der Waals surface area (Å²) in [6.07, 6.45) is 6.35. The first-order valence-electron chi connectivity index (χ1n) is 7.90. The smallest absolute Gasteiger partial charge is 0.193 e. The van der Waals surface area contributed by atoms with Crippen molar-refractivity contribution < 1.29 is 9.52 Å². The minimum Gasteiger partial charge on any atom is -0.508 e. The Kier molecular flexibility index (Phi) is 2.09. The van der Waals surface area contributed by atoms with Crippen LogP contribution >= 0.6 is 0 Å². The van der Waals surface area contributed by atoms with Gasteiger partial charge in [-0.2, -0.15) is 0 Å². The Morgan fingerprint density at radius 1 is 1.10 bits per heavy atom. The van der Waals surface area contributed by atoms with Crippen LogP contribution in [-0.4, -0.2) is 5.11 Å². The molecule has 1 heterocycles. The Hall–Kier alpha value is -1.77. The van der Waals surface area contributed by atoms with Gasteiger partial charge in [0.1, 0.15) is 17.1 Å². The highest BCUT2D eigenvalue weighted by Crippen LogP contribution is 2.64. The summed E-state index contributed by atoms with van der Waals surface area (Å²) in [4.78, 5) is 12.4. The van der Waals surface area contributed by atoms with E-state index in [1.54, 1.807) is 18.2 Å². The summed E-state index contributed by atoms with van der Waals surface area (Å²) in [7, 11) is 0. The Morgan fingerprint density at radius 2 is 1.86 bits per heavy atom. The molecule has 4 bridgehead atoms. The van der Waals surface area contributed by atoms with Gasteiger partial charge >= 0.3 is 0 Å². The predicted molar refractivity (Wildman–Crippen MR) is 79.4 cm³/mol. The van der Waals surface area contributed by atoms with E-state index in [0.717, 1.165) is 23.5 Å². The lowest BCUT2D eigenvalue weighted by molar-refractivity contribution is 0.198. The van der Waals surface area contributed by atoms with Crippen LogP contribution in [-0.2, 0) is 5.41 Å². The highest BCUT2D eigenvalue weighted by atomic mass is 16.3. The average molecular weight is 282 g/mol. The summed E-state index contributed by atoms with van der Waals surface area (Å²) >= 11 is 0. The molecule has 6 rings (SSSR count). The molecule has 21 heavy (non-hydrogen) atoms. The molecule has 0 saturated heterocycles. The molecular formula is C18H18O3. The third kappa shape index (κ3) is 1.52. The summed E-state index contributed by atoms with van der Waals surface area (Å²) < 4.78 is 6.12. The van der Waals surface area contributed by atoms with Crippen molar-refractivity contribution >= 4 is 11.0 Å². The van der Waals surface area contributed by atoms with Gasteiger partial charge in [-0.1, -0.05) is 0 Å². The first-order valence-corrected chi connectivity index (χ1v) is 7.90. The fourth-order valence-electron chi connectivity index (χ4n) is 5.52. The van der Waals surface area contributed by atoms with Crippen LogP contribution in [0.5, 0.6) is 5.75 Å². The Balaban J connectivity index is 1.69. The SMILES string of the molecule is O=c1cc(C23CC4C[C@H](C2)[C@@H](C4)C3)oc2ccc(O)cc12. The number of phenols is 1. The average Bonchev–Trinajstić information content (AvgIpc) is 2.87. The molecule has 0 radical (unpaired) electrons. The largest absolute Gasteiger partial charge is 0.508 e. The maximum Gasteiger partial charge on any atom is 0.193 e. The van der Waals surface area contributed by atoms with Crippen molar-refractivity contribution in [3.8, 4) is 5.75 Å². The number of rotatable bonds is 1. The van der Waals surface area contributed by atoms with Crippen LogP contribution in [0.4, 0.5) is 0 Å². The Morgan fingerprint density at radius 3 is 2.57 bits per heavy atom. The first-order chi connectivity index (χ1) is 10.1. The predicted octanol–water partition coefficient (Wildman–Crippen LogP) is 3.58. The molecule has 1 N–H and O–H groups in total. The van der Waals surface area contributed by atoms with E-state index in [1.165, 1.54) is 38.2 Å². The van der Waals surface area contributed by atoms with Gasteiger partial charge in [-0.15, -0.1) is 0 Å². The van der Waals surface area contributed by atoms with Gasteiger partial charge in [-0.25, -0.2) is 0 Å². The third-order valence-corrected chi connectivity index (χ3v) is 6.16. The lowest BCUT2D eigenvalue weighted by atomic mass is 9.68. The molecule has 1 aromatic carbocycles. The van der Waals surface area contributed by atoms with E-state index in [-0.39, 0.29) is 16.6 Å². The van der Waals surface area contributed by atoms with E-state index in [4.69, 9.17) is 4.42 Å². The zero-order valence-electron chi connectivity index (χ0n) is 11.8. The van der Waals surface area contributed by atoms with Crippen molar-refractivity contribution in [2.75, 3.05) is 0 Å². The molecule has 0 aliphatic heterocycles. The van der Waals surface area contributed by atoms with E-state index >= 15 is 0 Å². The lowest BCUT2D eigenvalue weighted by Gasteiger charge is -2.37. The van der Waals surface area contributed by atoms with Gasteiger partial charge in [0.15, 0.2) is 5.43 Å². The maximum absolute atomic E-state index is 12.4. The fraction of sp³-hybridized carbons (Fsp3) is 0.500. The Bertz CT molecular complexity index is 784. The highest BCUT2D eigenvalue weighted by molar-refractivity contribution is 5.78. The molecular weight excluding hydrogens is 264 g/mol. The van der Waals surface area contributed by atoms with Gasteiger partial charge in [0.2, 0.25) is 0 Å². The van der Waals surface area contributed by atoms with Gasteiger partial charge in [-0.3, -0.25) is 4.79 Å². The van der Waals surface area contributed by atoms with Crippen molar-refractivity contribution in [2.45, 2.75) is 37.5 Å². The standard InChI is InChI=1S/C18H18O3/c19-13-1-2-16-14(5-13)15(20)6-17(21-16)18-7-10-3-11(8-18)12(4-10)9-18/h1-2,5-6,10-12,19H,3-4,7-9H2/t10?,11-,12+,18?. The van der Waals surface area contributed by atoms with Crippen LogP contribution in [0.2, 0.25) is 0 Å². The number of hydrogen-bond donors (Lipinski definition) is 1. The summed E-state index contributed by atoms with van der Waals surface area (Å²) in [5.74, 6) is 3.54. The Labute approximate surface area is 122 Å². The minimum atomic E-state index is -0.0285. The number of phenolic OH excluding ortho intramolecular Hbond substituents is 1. The van der Waals surface area contributed by atoms with E-state index < -0.39 is 0 Å². The topological polar surface area (TPSA) is 50.4 Å². The van der Waals surface area contributed by atoms with E-state index in [9.17, 15) is 9.90 Å².